The number of nitrogens with one attached hydrogen (secondary N) is 1. The molecule has 0 aliphatic heterocycles. The van der Waals surface area contributed by atoms with Crippen LogP contribution in [0.2, 0.25) is 0 Å². The Bertz CT molecular complexity index is 518. The van der Waals surface area contributed by atoms with Crippen molar-refractivity contribution in [3.63, 3.8) is 0 Å². The Morgan fingerprint density at radius 1 is 1.29 bits per heavy atom. The van der Waals surface area contributed by atoms with Crippen LogP contribution in [-0.2, 0) is 5.33 Å². The van der Waals surface area contributed by atoms with Gasteiger partial charge in [0.1, 0.15) is 0 Å². The largest absolute Gasteiger partial charge is 0.321 e. The molecule has 1 aromatic heterocycles. The Kier molecular flexibility index (Phi) is 3.97. The summed E-state index contributed by atoms with van der Waals surface area (Å²) in [5.41, 5.74) is 3.03. The van der Waals surface area contributed by atoms with Crippen LogP contribution in [0.5, 0.6) is 0 Å². The summed E-state index contributed by atoms with van der Waals surface area (Å²) in [7, 11) is 0. The molecule has 2 rings (SSSR count). The molecule has 1 amide bonds. The number of benzene rings is 1. The predicted molar refractivity (Wildman–Crippen MR) is 76.1 cm³/mol. The molecule has 88 valence electrons. The van der Waals surface area contributed by atoms with E-state index in [1.54, 1.807) is 0 Å². The summed E-state index contributed by atoms with van der Waals surface area (Å²) in [4.78, 5) is 12.7. The van der Waals surface area contributed by atoms with Crippen LogP contribution in [0.4, 0.5) is 5.69 Å². The molecule has 0 atom stereocenters. The minimum atomic E-state index is -0.0379. The molecule has 1 heterocycles. The van der Waals surface area contributed by atoms with E-state index in [1.807, 2.05) is 42.6 Å². The molecule has 0 fully saturated rings. The lowest BCUT2D eigenvalue weighted by Crippen LogP contribution is -2.11. The Morgan fingerprint density at radius 2 is 2.00 bits per heavy atom. The number of aryl methyl sites for hydroxylation is 1. The SMILES string of the molecule is Cc1ccsc1C(=O)Nc1ccc(CBr)cc1. The van der Waals surface area contributed by atoms with Gasteiger partial charge >= 0.3 is 0 Å². The first-order chi connectivity index (χ1) is 8.20. The molecular weight excluding hydrogens is 298 g/mol. The first-order valence-corrected chi connectivity index (χ1v) is 7.21. The summed E-state index contributed by atoms with van der Waals surface area (Å²) in [6.07, 6.45) is 0. The summed E-state index contributed by atoms with van der Waals surface area (Å²) in [5.74, 6) is -0.0379. The summed E-state index contributed by atoms with van der Waals surface area (Å²) in [5, 5.41) is 5.65. The minimum Gasteiger partial charge on any atom is -0.321 e. The second-order valence-corrected chi connectivity index (χ2v) is 5.19. The number of carbonyl (C=O) groups excluding carboxylic acids is 1. The van der Waals surface area contributed by atoms with E-state index in [0.29, 0.717) is 0 Å². The number of alkyl halides is 1. The molecule has 4 heteroatoms. The molecule has 0 saturated heterocycles. The summed E-state index contributed by atoms with van der Waals surface area (Å²) < 4.78 is 0. The highest BCUT2D eigenvalue weighted by molar-refractivity contribution is 9.08. The third-order valence-electron chi connectivity index (χ3n) is 2.43. The Morgan fingerprint density at radius 3 is 2.53 bits per heavy atom. The number of hydrogen-bond acceptors (Lipinski definition) is 2. The van der Waals surface area contributed by atoms with Crippen molar-refractivity contribution >= 4 is 38.9 Å². The Balaban J connectivity index is 2.10. The van der Waals surface area contributed by atoms with E-state index >= 15 is 0 Å². The van der Waals surface area contributed by atoms with Gasteiger partial charge in [-0.3, -0.25) is 4.79 Å². The van der Waals surface area contributed by atoms with Crippen LogP contribution in [0, 0.1) is 6.92 Å². The zero-order chi connectivity index (χ0) is 12.3. The van der Waals surface area contributed by atoms with Crippen LogP contribution in [0.3, 0.4) is 0 Å². The molecule has 0 bridgehead atoms. The zero-order valence-electron chi connectivity index (χ0n) is 9.37. The number of carbonyl (C=O) groups is 1. The van der Waals surface area contributed by atoms with Crippen molar-refractivity contribution in [2.45, 2.75) is 12.3 Å². The highest BCUT2D eigenvalue weighted by Gasteiger charge is 2.10. The quantitative estimate of drug-likeness (QED) is 0.846. The molecule has 0 unspecified atom stereocenters. The van der Waals surface area contributed by atoms with Crippen molar-refractivity contribution in [1.82, 2.24) is 0 Å². The molecule has 2 aromatic rings. The first kappa shape index (κ1) is 12.3. The van der Waals surface area contributed by atoms with Gasteiger partial charge < -0.3 is 5.32 Å². The van der Waals surface area contributed by atoms with Crippen LogP contribution < -0.4 is 5.32 Å². The second kappa shape index (κ2) is 5.47. The molecule has 17 heavy (non-hydrogen) atoms. The molecule has 0 radical (unpaired) electrons. The van der Waals surface area contributed by atoms with E-state index in [-0.39, 0.29) is 5.91 Å². The van der Waals surface area contributed by atoms with Gasteiger partial charge in [0.15, 0.2) is 0 Å². The normalized spacial score (nSPS) is 10.2. The van der Waals surface area contributed by atoms with E-state index in [1.165, 1.54) is 16.9 Å². The molecule has 0 aliphatic rings. The van der Waals surface area contributed by atoms with Gasteiger partial charge in [-0.25, -0.2) is 0 Å². The van der Waals surface area contributed by atoms with Gasteiger partial charge in [0, 0.05) is 11.0 Å². The van der Waals surface area contributed by atoms with Crippen molar-refractivity contribution in [3.05, 3.63) is 51.7 Å². The lowest BCUT2D eigenvalue weighted by atomic mass is 10.2. The smallest absolute Gasteiger partial charge is 0.265 e. The summed E-state index contributed by atoms with van der Waals surface area (Å²) in [6.45, 7) is 1.94. The number of rotatable bonds is 3. The molecule has 0 aliphatic carbocycles. The lowest BCUT2D eigenvalue weighted by Gasteiger charge is -2.05. The Hall–Kier alpha value is -1.13. The number of hydrogen-bond donors (Lipinski definition) is 1. The van der Waals surface area contributed by atoms with Crippen LogP contribution in [0.15, 0.2) is 35.7 Å². The topological polar surface area (TPSA) is 29.1 Å². The highest BCUT2D eigenvalue weighted by atomic mass is 79.9. The van der Waals surface area contributed by atoms with Gasteiger partial charge in [-0.1, -0.05) is 28.1 Å². The fourth-order valence-corrected chi connectivity index (χ4v) is 2.66. The fourth-order valence-electron chi connectivity index (χ4n) is 1.47. The number of amides is 1. The fraction of sp³-hybridized carbons (Fsp3) is 0.154. The maximum atomic E-state index is 11.9. The minimum absolute atomic E-state index is 0.0379. The molecule has 2 nitrogen and oxygen atoms in total. The third-order valence-corrected chi connectivity index (χ3v) is 4.10. The lowest BCUT2D eigenvalue weighted by molar-refractivity contribution is 0.103. The van der Waals surface area contributed by atoms with Crippen molar-refractivity contribution in [3.8, 4) is 0 Å². The predicted octanol–water partition coefficient (Wildman–Crippen LogP) is 4.20. The number of thiophene rings is 1. The van der Waals surface area contributed by atoms with Crippen LogP contribution in [-0.4, -0.2) is 5.91 Å². The zero-order valence-corrected chi connectivity index (χ0v) is 11.8. The van der Waals surface area contributed by atoms with Crippen molar-refractivity contribution < 1.29 is 4.79 Å². The first-order valence-electron chi connectivity index (χ1n) is 5.21. The van der Waals surface area contributed by atoms with Crippen LogP contribution >= 0.6 is 27.3 Å². The van der Waals surface area contributed by atoms with Gasteiger partial charge in [0.2, 0.25) is 0 Å². The average molecular weight is 310 g/mol. The average Bonchev–Trinajstić information content (AvgIpc) is 2.76. The van der Waals surface area contributed by atoms with Gasteiger partial charge in [-0.05, 0) is 41.6 Å². The van der Waals surface area contributed by atoms with Crippen molar-refractivity contribution in [2.75, 3.05) is 5.32 Å². The highest BCUT2D eigenvalue weighted by Crippen LogP contribution is 2.18. The standard InChI is InChI=1S/C13H12BrNOS/c1-9-6-7-17-12(9)13(16)15-11-4-2-10(8-14)3-5-11/h2-7H,8H2,1H3,(H,15,16). The van der Waals surface area contributed by atoms with Gasteiger partial charge in [-0.15, -0.1) is 11.3 Å². The van der Waals surface area contributed by atoms with Crippen molar-refractivity contribution in [1.29, 1.82) is 0 Å². The molecular formula is C13H12BrNOS. The van der Waals surface area contributed by atoms with Gasteiger partial charge in [-0.2, -0.15) is 0 Å². The van der Waals surface area contributed by atoms with Gasteiger partial charge in [0.05, 0.1) is 4.88 Å². The second-order valence-electron chi connectivity index (χ2n) is 3.72. The maximum absolute atomic E-state index is 11.9. The maximum Gasteiger partial charge on any atom is 0.265 e. The van der Waals surface area contributed by atoms with Crippen molar-refractivity contribution in [2.24, 2.45) is 0 Å². The summed E-state index contributed by atoms with van der Waals surface area (Å²) >= 11 is 4.85. The number of anilines is 1. The summed E-state index contributed by atoms with van der Waals surface area (Å²) in [6, 6.07) is 9.76. The molecule has 0 saturated carbocycles. The Labute approximate surface area is 113 Å². The third kappa shape index (κ3) is 2.96. The van der Waals surface area contributed by atoms with E-state index < -0.39 is 0 Å². The van der Waals surface area contributed by atoms with Crippen LogP contribution in [0.25, 0.3) is 0 Å². The van der Waals surface area contributed by atoms with E-state index in [9.17, 15) is 4.79 Å². The van der Waals surface area contributed by atoms with E-state index in [0.717, 1.165) is 21.5 Å². The molecule has 0 spiro atoms. The van der Waals surface area contributed by atoms with E-state index in [4.69, 9.17) is 0 Å². The van der Waals surface area contributed by atoms with E-state index in [2.05, 4.69) is 21.2 Å². The monoisotopic (exact) mass is 309 g/mol. The van der Waals surface area contributed by atoms with Crippen LogP contribution in [0.1, 0.15) is 20.8 Å². The number of halogens is 1. The molecule has 1 aromatic carbocycles. The molecule has 1 N–H and O–H groups in total. The van der Waals surface area contributed by atoms with Gasteiger partial charge in [0.25, 0.3) is 5.91 Å².